The van der Waals surface area contributed by atoms with Crippen LogP contribution < -0.4 is 5.32 Å². The van der Waals surface area contributed by atoms with Crippen molar-refractivity contribution in [2.45, 2.75) is 33.4 Å². The van der Waals surface area contributed by atoms with Gasteiger partial charge in [0, 0.05) is 36.7 Å². The van der Waals surface area contributed by atoms with E-state index in [4.69, 9.17) is 0 Å². The van der Waals surface area contributed by atoms with Crippen LogP contribution >= 0.6 is 0 Å². The maximum atomic E-state index is 4.44. The Labute approximate surface area is 101 Å². The molecule has 1 N–H and O–H groups in total. The normalized spacial score (nSPS) is 11.1. The third-order valence-electron chi connectivity index (χ3n) is 2.38. The summed E-state index contributed by atoms with van der Waals surface area (Å²) in [5.74, 6) is 1.60. The molecule has 0 fully saturated rings. The van der Waals surface area contributed by atoms with Crippen LogP contribution in [0.5, 0.6) is 0 Å². The van der Waals surface area contributed by atoms with E-state index in [0.717, 1.165) is 23.8 Å². The van der Waals surface area contributed by atoms with E-state index in [1.54, 1.807) is 10.9 Å². The van der Waals surface area contributed by atoms with Crippen LogP contribution in [-0.4, -0.2) is 25.8 Å². The number of hydrogen-bond donors (Lipinski definition) is 1. The van der Waals surface area contributed by atoms with Crippen molar-refractivity contribution in [3.8, 4) is 5.82 Å². The molecule has 0 bridgehead atoms. The predicted octanol–water partition coefficient (Wildman–Crippen LogP) is 1.47. The molecule has 0 saturated carbocycles. The molecule has 0 aromatic carbocycles. The molecule has 5 nitrogen and oxygen atoms in total. The molecular weight excluding hydrogens is 214 g/mol. The van der Waals surface area contributed by atoms with Crippen molar-refractivity contribution < 1.29 is 0 Å². The van der Waals surface area contributed by atoms with E-state index in [0.29, 0.717) is 6.04 Å². The summed E-state index contributed by atoms with van der Waals surface area (Å²) < 4.78 is 1.77. The van der Waals surface area contributed by atoms with E-state index < -0.39 is 0 Å². The Bertz CT molecular complexity index is 476. The molecular formula is C12H17N5. The number of hydrogen-bond acceptors (Lipinski definition) is 4. The van der Waals surface area contributed by atoms with Crippen LogP contribution in [0.2, 0.25) is 0 Å². The summed E-state index contributed by atoms with van der Waals surface area (Å²) in [7, 11) is 0. The van der Waals surface area contributed by atoms with E-state index in [9.17, 15) is 0 Å². The Morgan fingerprint density at radius 2 is 2.24 bits per heavy atom. The maximum absolute atomic E-state index is 4.44. The minimum Gasteiger partial charge on any atom is -0.310 e. The van der Waals surface area contributed by atoms with Gasteiger partial charge >= 0.3 is 0 Å². The van der Waals surface area contributed by atoms with Gasteiger partial charge in [0.15, 0.2) is 5.82 Å². The molecule has 0 radical (unpaired) electrons. The van der Waals surface area contributed by atoms with Gasteiger partial charge in [0.05, 0.1) is 0 Å². The Morgan fingerprint density at radius 1 is 1.41 bits per heavy atom. The quantitative estimate of drug-likeness (QED) is 0.865. The van der Waals surface area contributed by atoms with Crippen LogP contribution in [0.25, 0.3) is 5.82 Å². The highest BCUT2D eigenvalue weighted by Crippen LogP contribution is 2.10. The van der Waals surface area contributed by atoms with Crippen LogP contribution in [0.4, 0.5) is 0 Å². The van der Waals surface area contributed by atoms with Gasteiger partial charge in [0.25, 0.3) is 0 Å². The fourth-order valence-electron chi connectivity index (χ4n) is 1.51. The zero-order chi connectivity index (χ0) is 12.3. The first-order valence-corrected chi connectivity index (χ1v) is 5.72. The highest BCUT2D eigenvalue weighted by atomic mass is 15.3. The van der Waals surface area contributed by atoms with Crippen molar-refractivity contribution >= 4 is 0 Å². The Hall–Kier alpha value is -1.75. The third kappa shape index (κ3) is 2.88. The molecule has 2 rings (SSSR count). The molecule has 5 heteroatoms. The summed E-state index contributed by atoms with van der Waals surface area (Å²) in [5, 5.41) is 7.58. The molecule has 2 aromatic rings. The lowest BCUT2D eigenvalue weighted by molar-refractivity contribution is 0.583. The van der Waals surface area contributed by atoms with Crippen molar-refractivity contribution in [1.82, 2.24) is 25.1 Å². The van der Waals surface area contributed by atoms with Gasteiger partial charge in [0.2, 0.25) is 0 Å². The van der Waals surface area contributed by atoms with Crippen molar-refractivity contribution in [2.75, 3.05) is 0 Å². The SMILES string of the molecule is Cc1ncc(CNC(C)C)c(-n2cccn2)n1. The molecule has 90 valence electrons. The Balaban J connectivity index is 2.31. The fraction of sp³-hybridized carbons (Fsp3) is 0.417. The van der Waals surface area contributed by atoms with Crippen LogP contribution in [0, 0.1) is 6.92 Å². The molecule has 17 heavy (non-hydrogen) atoms. The van der Waals surface area contributed by atoms with E-state index in [-0.39, 0.29) is 0 Å². The van der Waals surface area contributed by atoms with E-state index in [1.165, 1.54) is 0 Å². The van der Waals surface area contributed by atoms with Gasteiger partial charge in [-0.25, -0.2) is 14.6 Å². The van der Waals surface area contributed by atoms with Crippen molar-refractivity contribution in [2.24, 2.45) is 0 Å². The minimum atomic E-state index is 0.432. The third-order valence-corrected chi connectivity index (χ3v) is 2.38. The van der Waals surface area contributed by atoms with Gasteiger partial charge in [-0.1, -0.05) is 13.8 Å². The largest absolute Gasteiger partial charge is 0.310 e. The molecule has 2 heterocycles. The zero-order valence-electron chi connectivity index (χ0n) is 10.4. The molecule has 2 aromatic heterocycles. The second kappa shape index (κ2) is 5.05. The summed E-state index contributed by atoms with van der Waals surface area (Å²) in [6, 6.07) is 2.32. The summed E-state index contributed by atoms with van der Waals surface area (Å²) in [6.45, 7) is 6.85. The first kappa shape index (κ1) is 11.7. The van der Waals surface area contributed by atoms with E-state index in [1.807, 2.05) is 25.4 Å². The first-order chi connectivity index (χ1) is 8.16. The lowest BCUT2D eigenvalue weighted by Crippen LogP contribution is -2.23. The number of aromatic nitrogens is 4. The smallest absolute Gasteiger partial charge is 0.161 e. The second-order valence-electron chi connectivity index (χ2n) is 4.25. The van der Waals surface area contributed by atoms with Gasteiger partial charge in [0.1, 0.15) is 5.82 Å². The van der Waals surface area contributed by atoms with Gasteiger partial charge in [-0.05, 0) is 13.0 Å². The number of rotatable bonds is 4. The standard InChI is InChI=1S/C12H17N5/c1-9(2)13-7-11-8-14-10(3)16-12(11)17-6-4-5-15-17/h4-6,8-9,13H,7H2,1-3H3. The lowest BCUT2D eigenvalue weighted by Gasteiger charge is -2.11. The van der Waals surface area contributed by atoms with Crippen LogP contribution in [0.1, 0.15) is 25.2 Å². The molecule has 0 atom stereocenters. The number of nitrogens with one attached hydrogen (secondary N) is 1. The van der Waals surface area contributed by atoms with Crippen LogP contribution in [0.3, 0.4) is 0 Å². The van der Waals surface area contributed by atoms with Gasteiger partial charge < -0.3 is 5.32 Å². The first-order valence-electron chi connectivity index (χ1n) is 5.72. The molecule has 0 unspecified atom stereocenters. The van der Waals surface area contributed by atoms with Crippen LogP contribution in [-0.2, 0) is 6.54 Å². The molecule has 0 aliphatic heterocycles. The average molecular weight is 231 g/mol. The van der Waals surface area contributed by atoms with Crippen molar-refractivity contribution in [3.05, 3.63) is 36.0 Å². The molecule has 0 amide bonds. The van der Waals surface area contributed by atoms with Gasteiger partial charge in [-0.2, -0.15) is 5.10 Å². The molecule has 0 aliphatic carbocycles. The highest BCUT2D eigenvalue weighted by Gasteiger charge is 2.08. The molecule has 0 spiro atoms. The van der Waals surface area contributed by atoms with Crippen LogP contribution in [0.15, 0.2) is 24.7 Å². The Morgan fingerprint density at radius 3 is 2.88 bits per heavy atom. The van der Waals surface area contributed by atoms with Gasteiger partial charge in [-0.3, -0.25) is 0 Å². The average Bonchev–Trinajstić information content (AvgIpc) is 2.80. The van der Waals surface area contributed by atoms with E-state index >= 15 is 0 Å². The summed E-state index contributed by atoms with van der Waals surface area (Å²) in [6.07, 6.45) is 5.49. The topological polar surface area (TPSA) is 55.6 Å². The van der Waals surface area contributed by atoms with Crippen molar-refractivity contribution in [1.29, 1.82) is 0 Å². The summed E-state index contributed by atoms with van der Waals surface area (Å²) >= 11 is 0. The fourth-order valence-corrected chi connectivity index (χ4v) is 1.51. The highest BCUT2D eigenvalue weighted by molar-refractivity contribution is 5.31. The predicted molar refractivity (Wildman–Crippen MR) is 65.9 cm³/mol. The number of aryl methyl sites for hydroxylation is 1. The summed E-state index contributed by atoms with van der Waals surface area (Å²) in [5.41, 5.74) is 1.05. The maximum Gasteiger partial charge on any atom is 0.161 e. The monoisotopic (exact) mass is 231 g/mol. The minimum absolute atomic E-state index is 0.432. The van der Waals surface area contributed by atoms with Crippen molar-refractivity contribution in [3.63, 3.8) is 0 Å². The molecule has 0 saturated heterocycles. The number of nitrogens with zero attached hydrogens (tertiary/aromatic N) is 4. The van der Waals surface area contributed by atoms with Gasteiger partial charge in [-0.15, -0.1) is 0 Å². The molecule has 0 aliphatic rings. The Kier molecular flexibility index (Phi) is 3.49. The summed E-state index contributed by atoms with van der Waals surface area (Å²) in [4.78, 5) is 8.68. The lowest BCUT2D eigenvalue weighted by atomic mass is 10.2. The van der Waals surface area contributed by atoms with E-state index in [2.05, 4.69) is 34.2 Å². The second-order valence-corrected chi connectivity index (χ2v) is 4.25. The zero-order valence-corrected chi connectivity index (χ0v) is 10.4.